The molecule has 1 atom stereocenters. The topological polar surface area (TPSA) is 78.4 Å². The summed E-state index contributed by atoms with van der Waals surface area (Å²) in [6.45, 7) is 5.03. The molecule has 0 saturated carbocycles. The third-order valence-corrected chi connectivity index (χ3v) is 5.52. The number of aliphatic hydroxyl groups is 1. The van der Waals surface area contributed by atoms with Crippen molar-refractivity contribution in [3.05, 3.63) is 54.1 Å². The Hall–Kier alpha value is -2.20. The average Bonchev–Trinajstić information content (AvgIpc) is 2.83. The van der Waals surface area contributed by atoms with Crippen LogP contribution >= 0.6 is 24.0 Å². The summed E-state index contributed by atoms with van der Waals surface area (Å²) in [7, 11) is 3.20. The molecule has 0 amide bonds. The van der Waals surface area contributed by atoms with Crippen molar-refractivity contribution in [1.29, 1.82) is 0 Å². The SMILES string of the molecule is CCNC(=NCC(O)c1cc(OC)ccc1OC)NC1CCN(c2ccccc2)CC1.I. The molecule has 32 heavy (non-hydrogen) atoms. The number of halogens is 1. The Morgan fingerprint density at radius 3 is 2.47 bits per heavy atom. The first kappa shape index (κ1) is 26.1. The van der Waals surface area contributed by atoms with E-state index in [9.17, 15) is 5.11 Å². The van der Waals surface area contributed by atoms with Crippen LogP contribution in [0.1, 0.15) is 31.4 Å². The molecular weight excluding hydrogens is 519 g/mol. The molecule has 0 aromatic heterocycles. The van der Waals surface area contributed by atoms with Crippen molar-refractivity contribution in [3.63, 3.8) is 0 Å². The van der Waals surface area contributed by atoms with Crippen molar-refractivity contribution < 1.29 is 14.6 Å². The first-order chi connectivity index (χ1) is 15.1. The lowest BCUT2D eigenvalue weighted by atomic mass is 10.0. The fourth-order valence-electron chi connectivity index (χ4n) is 3.81. The van der Waals surface area contributed by atoms with Gasteiger partial charge < -0.3 is 30.1 Å². The van der Waals surface area contributed by atoms with Crippen molar-refractivity contribution >= 4 is 35.6 Å². The predicted octanol–water partition coefficient (Wildman–Crippen LogP) is 3.58. The van der Waals surface area contributed by atoms with Crippen molar-refractivity contribution in [2.45, 2.75) is 31.9 Å². The van der Waals surface area contributed by atoms with Crippen LogP contribution in [0.2, 0.25) is 0 Å². The number of methoxy groups -OCH3 is 2. The minimum atomic E-state index is -0.791. The molecule has 2 aromatic carbocycles. The van der Waals surface area contributed by atoms with Gasteiger partial charge >= 0.3 is 0 Å². The van der Waals surface area contributed by atoms with Crippen LogP contribution in [0.3, 0.4) is 0 Å². The third kappa shape index (κ3) is 7.16. The number of hydrogen-bond donors (Lipinski definition) is 3. The molecule has 0 bridgehead atoms. The van der Waals surface area contributed by atoms with Crippen molar-refractivity contribution in [2.75, 3.05) is 45.3 Å². The lowest BCUT2D eigenvalue weighted by Crippen LogP contribution is -2.48. The van der Waals surface area contributed by atoms with Crippen LogP contribution in [0.5, 0.6) is 11.5 Å². The molecule has 2 aromatic rings. The van der Waals surface area contributed by atoms with E-state index in [-0.39, 0.29) is 30.5 Å². The lowest BCUT2D eigenvalue weighted by molar-refractivity contribution is 0.182. The zero-order chi connectivity index (χ0) is 22.1. The first-order valence-corrected chi connectivity index (χ1v) is 10.9. The van der Waals surface area contributed by atoms with Gasteiger partial charge in [0.05, 0.1) is 20.8 Å². The summed E-state index contributed by atoms with van der Waals surface area (Å²) in [4.78, 5) is 7.04. The van der Waals surface area contributed by atoms with E-state index in [0.717, 1.165) is 38.4 Å². The number of hydrogen-bond acceptors (Lipinski definition) is 5. The van der Waals surface area contributed by atoms with Crippen molar-refractivity contribution in [3.8, 4) is 11.5 Å². The molecule has 1 saturated heterocycles. The molecule has 176 valence electrons. The van der Waals surface area contributed by atoms with Gasteiger partial charge in [-0.1, -0.05) is 18.2 Å². The molecule has 3 N–H and O–H groups in total. The fourth-order valence-corrected chi connectivity index (χ4v) is 3.81. The van der Waals surface area contributed by atoms with E-state index in [4.69, 9.17) is 9.47 Å². The molecule has 3 rings (SSSR count). The number of rotatable bonds is 8. The zero-order valence-electron chi connectivity index (χ0n) is 19.1. The van der Waals surface area contributed by atoms with E-state index < -0.39 is 6.10 Å². The minimum Gasteiger partial charge on any atom is -0.497 e. The predicted molar refractivity (Wildman–Crippen MR) is 141 cm³/mol. The lowest BCUT2D eigenvalue weighted by Gasteiger charge is -2.34. The van der Waals surface area contributed by atoms with Gasteiger partial charge in [0.2, 0.25) is 0 Å². The van der Waals surface area contributed by atoms with Crippen LogP contribution in [0.25, 0.3) is 0 Å². The molecular formula is C24H35IN4O3. The molecule has 7 nitrogen and oxygen atoms in total. The van der Waals surface area contributed by atoms with Crippen molar-refractivity contribution in [2.24, 2.45) is 4.99 Å². The van der Waals surface area contributed by atoms with Crippen LogP contribution in [0.15, 0.2) is 53.5 Å². The standard InChI is InChI=1S/C24H34N4O3.HI/c1-4-25-24(26-17-22(29)21-16-20(30-2)10-11-23(21)31-3)27-18-12-14-28(15-13-18)19-8-6-5-7-9-19;/h5-11,16,18,22,29H,4,12-15,17H2,1-3H3,(H2,25,26,27);1H. The normalized spacial score (nSPS) is 15.5. The van der Waals surface area contributed by atoms with E-state index in [0.29, 0.717) is 23.1 Å². The summed E-state index contributed by atoms with van der Waals surface area (Å²) < 4.78 is 10.7. The number of guanidine groups is 1. The van der Waals surface area contributed by atoms with E-state index in [2.05, 4.69) is 44.8 Å². The number of ether oxygens (including phenoxy) is 2. The Bertz CT molecular complexity index is 842. The summed E-state index contributed by atoms with van der Waals surface area (Å²) in [6, 6.07) is 16.3. The van der Waals surface area contributed by atoms with Gasteiger partial charge in [-0.2, -0.15) is 0 Å². The van der Waals surface area contributed by atoms with Gasteiger partial charge in [0.1, 0.15) is 17.6 Å². The second-order valence-corrected chi connectivity index (χ2v) is 7.58. The van der Waals surface area contributed by atoms with Gasteiger partial charge in [0.25, 0.3) is 0 Å². The summed E-state index contributed by atoms with van der Waals surface area (Å²) >= 11 is 0. The van der Waals surface area contributed by atoms with E-state index in [1.165, 1.54) is 5.69 Å². The van der Waals surface area contributed by atoms with E-state index in [1.54, 1.807) is 26.4 Å². The van der Waals surface area contributed by atoms with Gasteiger partial charge in [0.15, 0.2) is 5.96 Å². The summed E-state index contributed by atoms with van der Waals surface area (Å²) in [5, 5.41) is 17.6. The molecule has 0 spiro atoms. The van der Waals surface area contributed by atoms with Gasteiger partial charge in [-0.15, -0.1) is 24.0 Å². The van der Waals surface area contributed by atoms with Crippen LogP contribution < -0.4 is 25.0 Å². The number of piperidine rings is 1. The smallest absolute Gasteiger partial charge is 0.191 e. The van der Waals surface area contributed by atoms with Crippen molar-refractivity contribution in [1.82, 2.24) is 10.6 Å². The average molecular weight is 554 g/mol. The maximum Gasteiger partial charge on any atom is 0.191 e. The summed E-state index contributed by atoms with van der Waals surface area (Å²) in [5.74, 6) is 2.02. The number of nitrogens with one attached hydrogen (secondary N) is 2. The van der Waals surface area contributed by atoms with Crippen LogP contribution in [0.4, 0.5) is 5.69 Å². The Labute approximate surface area is 208 Å². The Balaban J connectivity index is 0.00000363. The summed E-state index contributed by atoms with van der Waals surface area (Å²) in [6.07, 6.45) is 1.28. The zero-order valence-corrected chi connectivity index (χ0v) is 21.4. The van der Waals surface area contributed by atoms with Gasteiger partial charge in [0, 0.05) is 36.9 Å². The van der Waals surface area contributed by atoms with Crippen LogP contribution in [-0.4, -0.2) is 57.5 Å². The molecule has 1 aliphatic heterocycles. The summed E-state index contributed by atoms with van der Waals surface area (Å²) in [5.41, 5.74) is 1.94. The molecule has 0 radical (unpaired) electrons. The first-order valence-electron chi connectivity index (χ1n) is 10.9. The highest BCUT2D eigenvalue weighted by atomic mass is 127. The second-order valence-electron chi connectivity index (χ2n) is 7.58. The Kier molecular flexibility index (Phi) is 10.9. The quantitative estimate of drug-likeness (QED) is 0.263. The van der Waals surface area contributed by atoms with Crippen LogP contribution in [0, 0.1) is 0 Å². The van der Waals surface area contributed by atoms with Gasteiger partial charge in [-0.05, 0) is 50.1 Å². The largest absolute Gasteiger partial charge is 0.497 e. The molecule has 1 aliphatic rings. The number of anilines is 1. The highest BCUT2D eigenvalue weighted by molar-refractivity contribution is 14.0. The van der Waals surface area contributed by atoms with Crippen LogP contribution in [-0.2, 0) is 0 Å². The third-order valence-electron chi connectivity index (χ3n) is 5.52. The molecule has 0 aliphatic carbocycles. The Morgan fingerprint density at radius 2 is 1.84 bits per heavy atom. The number of aliphatic hydroxyl groups excluding tert-OH is 1. The van der Waals surface area contributed by atoms with E-state index >= 15 is 0 Å². The van der Waals surface area contributed by atoms with E-state index in [1.807, 2.05) is 19.1 Å². The molecule has 1 heterocycles. The highest BCUT2D eigenvalue weighted by Gasteiger charge is 2.21. The number of aliphatic imine (C=N–C) groups is 1. The number of nitrogens with zero attached hydrogens (tertiary/aromatic N) is 2. The number of para-hydroxylation sites is 1. The minimum absolute atomic E-state index is 0. The van der Waals surface area contributed by atoms with Gasteiger partial charge in [-0.3, -0.25) is 4.99 Å². The maximum absolute atomic E-state index is 10.7. The highest BCUT2D eigenvalue weighted by Crippen LogP contribution is 2.29. The number of benzene rings is 2. The fraction of sp³-hybridized carbons (Fsp3) is 0.458. The molecule has 8 heteroatoms. The molecule has 1 fully saturated rings. The molecule has 1 unspecified atom stereocenters. The Morgan fingerprint density at radius 1 is 1.12 bits per heavy atom. The second kappa shape index (κ2) is 13.4. The van der Waals surface area contributed by atoms with Gasteiger partial charge in [-0.25, -0.2) is 0 Å². The monoisotopic (exact) mass is 554 g/mol. The maximum atomic E-state index is 10.7.